The lowest BCUT2D eigenvalue weighted by atomic mass is 10.0. The Bertz CT molecular complexity index is 687. The third kappa shape index (κ3) is 3.40. The second kappa shape index (κ2) is 5.62. The second-order valence-corrected chi connectivity index (χ2v) is 6.39. The number of benzene rings is 1. The van der Waals surface area contributed by atoms with E-state index in [1.807, 2.05) is 12.3 Å². The zero-order valence-corrected chi connectivity index (χ0v) is 12.9. The summed E-state index contributed by atoms with van der Waals surface area (Å²) in [5.41, 5.74) is 3.38. The van der Waals surface area contributed by atoms with Gasteiger partial charge in [-0.3, -0.25) is 0 Å². The Hall–Kier alpha value is -2.05. The minimum absolute atomic E-state index is 0.0320. The van der Waals surface area contributed by atoms with Gasteiger partial charge in [0.25, 0.3) is 0 Å². The molecule has 2 aromatic rings. The number of ether oxygens (including phenoxy) is 1. The van der Waals surface area contributed by atoms with E-state index in [1.54, 1.807) is 14.1 Å². The molecule has 2 N–H and O–H groups in total. The van der Waals surface area contributed by atoms with Crippen LogP contribution in [0, 0.1) is 5.21 Å². The first-order valence-corrected chi connectivity index (χ1v) is 7.47. The summed E-state index contributed by atoms with van der Waals surface area (Å²) in [5, 5.41) is 15.7. The van der Waals surface area contributed by atoms with Crippen molar-refractivity contribution in [3.63, 3.8) is 0 Å². The van der Waals surface area contributed by atoms with Gasteiger partial charge in [0.15, 0.2) is 0 Å². The fourth-order valence-electron chi connectivity index (χ4n) is 2.77. The molecule has 6 nitrogen and oxygen atoms in total. The van der Waals surface area contributed by atoms with Crippen molar-refractivity contribution in [3.05, 3.63) is 40.7 Å². The number of cyclic esters (lactones) is 1. The van der Waals surface area contributed by atoms with Crippen LogP contribution in [0.25, 0.3) is 10.9 Å². The molecule has 1 fully saturated rings. The highest BCUT2D eigenvalue weighted by Gasteiger charge is 2.22. The van der Waals surface area contributed by atoms with Crippen LogP contribution in [0.3, 0.4) is 0 Å². The molecule has 1 aliphatic rings. The number of aromatic nitrogens is 1. The van der Waals surface area contributed by atoms with Gasteiger partial charge in [0, 0.05) is 23.5 Å². The third-order valence-electron chi connectivity index (χ3n) is 3.97. The van der Waals surface area contributed by atoms with Gasteiger partial charge in [0.05, 0.1) is 26.7 Å². The van der Waals surface area contributed by atoms with Gasteiger partial charge >= 0.3 is 6.09 Å². The van der Waals surface area contributed by atoms with Crippen molar-refractivity contribution in [3.8, 4) is 0 Å². The highest BCUT2D eigenvalue weighted by atomic mass is 16.6. The zero-order valence-electron chi connectivity index (χ0n) is 12.9. The van der Waals surface area contributed by atoms with Crippen LogP contribution >= 0.6 is 0 Å². The van der Waals surface area contributed by atoms with E-state index < -0.39 is 0 Å². The summed E-state index contributed by atoms with van der Waals surface area (Å²) >= 11 is 0. The Morgan fingerprint density at radius 2 is 2.23 bits per heavy atom. The molecule has 1 aromatic carbocycles. The van der Waals surface area contributed by atoms with Crippen molar-refractivity contribution >= 4 is 17.0 Å². The van der Waals surface area contributed by atoms with Gasteiger partial charge in [-0.2, -0.15) is 0 Å². The number of rotatable bonds is 5. The Balaban J connectivity index is 1.77. The Kier molecular flexibility index (Phi) is 3.80. The highest BCUT2D eigenvalue weighted by molar-refractivity contribution is 5.84. The molecule has 0 saturated carbocycles. The average molecular weight is 303 g/mol. The van der Waals surface area contributed by atoms with Crippen molar-refractivity contribution in [1.29, 1.82) is 0 Å². The molecule has 118 valence electrons. The van der Waals surface area contributed by atoms with Crippen molar-refractivity contribution < 1.29 is 14.2 Å². The van der Waals surface area contributed by atoms with E-state index in [9.17, 15) is 10.0 Å². The first-order chi connectivity index (χ1) is 10.4. The second-order valence-electron chi connectivity index (χ2n) is 6.39. The normalized spacial score (nSPS) is 18.5. The van der Waals surface area contributed by atoms with E-state index in [-0.39, 0.29) is 16.8 Å². The van der Waals surface area contributed by atoms with Gasteiger partial charge in [-0.05, 0) is 29.7 Å². The van der Waals surface area contributed by atoms with Crippen LogP contribution in [0.1, 0.15) is 11.1 Å². The first-order valence-electron chi connectivity index (χ1n) is 7.47. The number of aromatic amines is 1. The van der Waals surface area contributed by atoms with Crippen molar-refractivity contribution in [2.24, 2.45) is 0 Å². The summed E-state index contributed by atoms with van der Waals surface area (Å²) in [6.07, 6.45) is 3.12. The Labute approximate surface area is 129 Å². The lowest BCUT2D eigenvalue weighted by Crippen LogP contribution is -2.34. The van der Waals surface area contributed by atoms with Crippen LogP contribution in [-0.4, -0.2) is 49.0 Å². The predicted octanol–water partition coefficient (Wildman–Crippen LogP) is 1.94. The van der Waals surface area contributed by atoms with E-state index in [0.717, 1.165) is 34.9 Å². The molecule has 0 bridgehead atoms. The van der Waals surface area contributed by atoms with E-state index in [1.165, 1.54) is 0 Å². The third-order valence-corrected chi connectivity index (χ3v) is 3.97. The number of hydroxylamine groups is 3. The molecule has 1 aliphatic heterocycles. The summed E-state index contributed by atoms with van der Waals surface area (Å²) in [6.45, 7) is 0.961. The number of hydrogen-bond acceptors (Lipinski definition) is 3. The fraction of sp³-hybridized carbons (Fsp3) is 0.438. The van der Waals surface area contributed by atoms with Gasteiger partial charge in [-0.1, -0.05) is 6.07 Å². The topological polar surface area (TPSA) is 77.2 Å². The first kappa shape index (κ1) is 14.9. The van der Waals surface area contributed by atoms with Crippen LogP contribution < -0.4 is 5.32 Å². The quantitative estimate of drug-likeness (QED) is 0.654. The molecule has 1 amide bonds. The minimum atomic E-state index is -0.344. The molecule has 2 heterocycles. The molecule has 0 radical (unpaired) electrons. The van der Waals surface area contributed by atoms with E-state index in [2.05, 4.69) is 22.4 Å². The maximum absolute atomic E-state index is 11.7. The molecule has 1 atom stereocenters. The molecule has 0 spiro atoms. The predicted molar refractivity (Wildman–Crippen MR) is 84.3 cm³/mol. The summed E-state index contributed by atoms with van der Waals surface area (Å²) in [5.74, 6) is 0. The standard InChI is InChI=1S/C16H21N3O3/c1-19(2,21)6-5-12-9-17-15-4-3-11(8-14(12)15)7-13-10-22-16(20)18-13/h3-4,8-9,13,17H,5-7,10H2,1-2H3,(H,18,20)/t13-/m0/s1. The Morgan fingerprint density at radius 1 is 1.41 bits per heavy atom. The monoisotopic (exact) mass is 303 g/mol. The molecule has 3 rings (SSSR count). The lowest BCUT2D eigenvalue weighted by molar-refractivity contribution is -0.839. The van der Waals surface area contributed by atoms with Gasteiger partial charge in [0.1, 0.15) is 6.61 Å². The van der Waals surface area contributed by atoms with Crippen LogP contribution in [0.15, 0.2) is 24.4 Å². The maximum Gasteiger partial charge on any atom is 0.407 e. The van der Waals surface area contributed by atoms with Gasteiger partial charge in [-0.15, -0.1) is 0 Å². The zero-order chi connectivity index (χ0) is 15.7. The number of nitrogens with zero attached hydrogens (tertiary/aromatic N) is 1. The smallest absolute Gasteiger partial charge is 0.407 e. The molecule has 0 unspecified atom stereocenters. The minimum Gasteiger partial charge on any atom is -0.633 e. The van der Waals surface area contributed by atoms with Crippen LogP contribution in [0.5, 0.6) is 0 Å². The summed E-state index contributed by atoms with van der Waals surface area (Å²) in [6, 6.07) is 6.27. The number of alkyl carbamates (subject to hydrolysis) is 1. The average Bonchev–Trinajstić information content (AvgIpc) is 3.02. The fourth-order valence-corrected chi connectivity index (χ4v) is 2.77. The number of hydrogen-bond donors (Lipinski definition) is 2. The molecular formula is C16H21N3O3. The van der Waals surface area contributed by atoms with Crippen molar-refractivity contribution in [1.82, 2.24) is 10.3 Å². The van der Waals surface area contributed by atoms with Gasteiger partial charge in [0.2, 0.25) is 0 Å². The highest BCUT2D eigenvalue weighted by Crippen LogP contribution is 2.22. The molecule has 22 heavy (non-hydrogen) atoms. The SMILES string of the molecule is C[N+](C)([O-])CCc1c[nH]c2ccc(C[C@H]3COC(=O)N3)cc12. The van der Waals surface area contributed by atoms with E-state index >= 15 is 0 Å². The number of carbonyl (C=O) groups is 1. The Morgan fingerprint density at radius 3 is 2.91 bits per heavy atom. The number of fused-ring (bicyclic) bond motifs is 1. The number of amides is 1. The van der Waals surface area contributed by atoms with Crippen LogP contribution in [-0.2, 0) is 17.6 Å². The number of nitrogens with one attached hydrogen (secondary N) is 2. The van der Waals surface area contributed by atoms with Gasteiger partial charge in [-0.25, -0.2) is 4.79 Å². The maximum atomic E-state index is 11.7. The summed E-state index contributed by atoms with van der Waals surface area (Å²) in [7, 11) is 3.31. The molecule has 0 aliphatic carbocycles. The van der Waals surface area contributed by atoms with Crippen molar-refractivity contribution in [2.45, 2.75) is 18.9 Å². The van der Waals surface area contributed by atoms with Crippen LogP contribution in [0.2, 0.25) is 0 Å². The van der Waals surface area contributed by atoms with Crippen molar-refractivity contribution in [2.75, 3.05) is 27.2 Å². The lowest BCUT2D eigenvalue weighted by Gasteiger charge is -2.33. The molecular weight excluding hydrogens is 282 g/mol. The summed E-state index contributed by atoms with van der Waals surface area (Å²) < 4.78 is 4.62. The molecule has 1 aromatic heterocycles. The van der Waals surface area contributed by atoms with Gasteiger partial charge < -0.3 is 24.9 Å². The number of carbonyl (C=O) groups excluding carboxylic acids is 1. The number of H-pyrrole nitrogens is 1. The summed E-state index contributed by atoms with van der Waals surface area (Å²) in [4.78, 5) is 14.3. The molecule has 1 saturated heterocycles. The number of likely N-dealkylation sites (N-methyl/N-ethyl adjacent to an activating group) is 1. The van der Waals surface area contributed by atoms with Crippen LogP contribution in [0.4, 0.5) is 4.79 Å². The van der Waals surface area contributed by atoms with E-state index in [0.29, 0.717) is 13.2 Å². The molecule has 6 heteroatoms. The largest absolute Gasteiger partial charge is 0.633 e. The number of quaternary nitrogens is 1. The van der Waals surface area contributed by atoms with E-state index in [4.69, 9.17) is 4.74 Å².